The normalized spacial score (nSPS) is 10.8. The average Bonchev–Trinajstić information content (AvgIpc) is 2.33. The molecule has 0 aliphatic heterocycles. The summed E-state index contributed by atoms with van der Waals surface area (Å²) in [5, 5.41) is 0.798. The van der Waals surface area contributed by atoms with Crippen LogP contribution in [0.3, 0.4) is 0 Å². The van der Waals surface area contributed by atoms with Crippen molar-refractivity contribution in [3.05, 3.63) is 70.2 Å². The van der Waals surface area contributed by atoms with E-state index >= 15 is 0 Å². The van der Waals surface area contributed by atoms with Gasteiger partial charge in [-0.25, -0.2) is 0 Å². The van der Waals surface area contributed by atoms with Gasteiger partial charge in [0.2, 0.25) is 0 Å². The molecule has 0 bridgehead atoms. The molecule has 0 atom stereocenters. The quantitative estimate of drug-likeness (QED) is 0.762. The third-order valence-electron chi connectivity index (χ3n) is 2.08. The molecule has 0 spiro atoms. The van der Waals surface area contributed by atoms with Crippen LogP contribution in [0.4, 0.5) is 0 Å². The third kappa shape index (κ3) is 3.53. The molecule has 2 aromatic rings. The molecule has 0 radical (unpaired) electrons. The van der Waals surface area contributed by atoms with Crippen molar-refractivity contribution in [2.24, 2.45) is 0 Å². The van der Waals surface area contributed by atoms with E-state index in [4.69, 9.17) is 11.6 Å². The Morgan fingerprint density at radius 1 is 0.875 bits per heavy atom. The number of benzene rings is 2. The van der Waals surface area contributed by atoms with Gasteiger partial charge in [0.15, 0.2) is 0 Å². The van der Waals surface area contributed by atoms with Gasteiger partial charge in [-0.05, 0) is 0 Å². The van der Waals surface area contributed by atoms with Crippen molar-refractivity contribution in [2.75, 3.05) is 0 Å². The summed E-state index contributed by atoms with van der Waals surface area (Å²) in [7, 11) is 0. The summed E-state index contributed by atoms with van der Waals surface area (Å²) in [6, 6.07) is 18.4. The minimum absolute atomic E-state index is 0.375. The molecular formula is C14H11ClSe. The predicted octanol–water partition coefficient (Wildman–Crippen LogP) is 3.34. The fourth-order valence-corrected chi connectivity index (χ4v) is 2.81. The molecule has 0 aliphatic rings. The molecule has 0 aliphatic carbocycles. The Morgan fingerprint density at radius 2 is 1.56 bits per heavy atom. The van der Waals surface area contributed by atoms with E-state index in [0.717, 1.165) is 5.02 Å². The zero-order valence-corrected chi connectivity index (χ0v) is 11.1. The van der Waals surface area contributed by atoms with Gasteiger partial charge < -0.3 is 0 Å². The number of hydrogen-bond acceptors (Lipinski definition) is 0. The Balaban J connectivity index is 1.97. The molecule has 2 rings (SSSR count). The Morgan fingerprint density at radius 3 is 2.25 bits per heavy atom. The standard InChI is InChI=1S/C14H11ClSe/c15-13-6-8-14(9-7-13)16-11-10-12-4-2-1-3-5-12/h1-11H/b11-10+. The maximum absolute atomic E-state index is 5.83. The van der Waals surface area contributed by atoms with Crippen molar-refractivity contribution in [1.82, 2.24) is 0 Å². The molecule has 0 heterocycles. The SMILES string of the molecule is Clc1ccc([Se]/C=C/c2ccccc2)cc1. The summed E-state index contributed by atoms with van der Waals surface area (Å²) < 4.78 is 1.34. The summed E-state index contributed by atoms with van der Waals surface area (Å²) in [6.07, 6.45) is 2.16. The molecular weight excluding hydrogens is 283 g/mol. The average molecular weight is 294 g/mol. The van der Waals surface area contributed by atoms with Crippen LogP contribution in [-0.4, -0.2) is 15.0 Å². The van der Waals surface area contributed by atoms with Crippen LogP contribution in [0.15, 0.2) is 59.6 Å². The van der Waals surface area contributed by atoms with Gasteiger partial charge in [0.05, 0.1) is 0 Å². The van der Waals surface area contributed by atoms with Crippen molar-refractivity contribution < 1.29 is 0 Å². The molecule has 0 saturated heterocycles. The van der Waals surface area contributed by atoms with E-state index in [9.17, 15) is 0 Å². The van der Waals surface area contributed by atoms with Crippen LogP contribution in [0.1, 0.15) is 5.56 Å². The Labute approximate surface area is 107 Å². The second-order valence-corrected chi connectivity index (χ2v) is 5.78. The number of halogens is 1. The first-order valence-corrected chi connectivity index (χ1v) is 7.21. The molecule has 0 fully saturated rings. The van der Waals surface area contributed by atoms with Crippen molar-refractivity contribution in [3.8, 4) is 0 Å². The van der Waals surface area contributed by atoms with E-state index in [0.29, 0.717) is 15.0 Å². The van der Waals surface area contributed by atoms with Crippen molar-refractivity contribution in [1.29, 1.82) is 0 Å². The summed E-state index contributed by atoms with van der Waals surface area (Å²) in [6.45, 7) is 0. The maximum atomic E-state index is 5.83. The van der Waals surface area contributed by atoms with Gasteiger partial charge in [-0.2, -0.15) is 0 Å². The van der Waals surface area contributed by atoms with Crippen LogP contribution < -0.4 is 4.46 Å². The first-order valence-electron chi connectivity index (χ1n) is 4.98. The fourth-order valence-electron chi connectivity index (χ4n) is 1.27. The van der Waals surface area contributed by atoms with Crippen LogP contribution in [0.5, 0.6) is 0 Å². The zero-order valence-electron chi connectivity index (χ0n) is 8.64. The summed E-state index contributed by atoms with van der Waals surface area (Å²) in [5.41, 5.74) is 1.25. The Kier molecular flexibility index (Phi) is 4.24. The van der Waals surface area contributed by atoms with Crippen molar-refractivity contribution in [3.63, 3.8) is 0 Å². The van der Waals surface area contributed by atoms with E-state index in [2.05, 4.69) is 47.4 Å². The van der Waals surface area contributed by atoms with E-state index in [1.54, 1.807) is 0 Å². The van der Waals surface area contributed by atoms with Crippen LogP contribution in [0.2, 0.25) is 5.02 Å². The molecule has 0 nitrogen and oxygen atoms in total. The predicted molar refractivity (Wildman–Crippen MR) is 72.3 cm³/mol. The van der Waals surface area contributed by atoms with Crippen LogP contribution >= 0.6 is 11.6 Å². The van der Waals surface area contributed by atoms with E-state index in [1.807, 2.05) is 18.2 Å². The number of hydrogen-bond donors (Lipinski definition) is 0. The van der Waals surface area contributed by atoms with Crippen LogP contribution in [0.25, 0.3) is 6.08 Å². The summed E-state index contributed by atoms with van der Waals surface area (Å²) in [5.74, 6) is 0. The first-order chi connectivity index (χ1) is 7.84. The Bertz CT molecular complexity index is 460. The van der Waals surface area contributed by atoms with Gasteiger partial charge in [-0.1, -0.05) is 0 Å². The van der Waals surface area contributed by atoms with E-state index in [1.165, 1.54) is 10.0 Å². The van der Waals surface area contributed by atoms with Crippen molar-refractivity contribution in [2.45, 2.75) is 0 Å². The molecule has 0 N–H and O–H groups in total. The van der Waals surface area contributed by atoms with Crippen LogP contribution in [0, 0.1) is 0 Å². The minimum atomic E-state index is 0.375. The molecule has 2 heteroatoms. The Hall–Kier alpha value is -1.01. The third-order valence-corrected chi connectivity index (χ3v) is 4.04. The molecule has 16 heavy (non-hydrogen) atoms. The zero-order chi connectivity index (χ0) is 11.2. The van der Waals surface area contributed by atoms with Gasteiger partial charge in [0.25, 0.3) is 0 Å². The molecule has 80 valence electrons. The van der Waals surface area contributed by atoms with Gasteiger partial charge in [-0.15, -0.1) is 0 Å². The molecule has 0 aromatic heterocycles. The van der Waals surface area contributed by atoms with E-state index in [-0.39, 0.29) is 0 Å². The van der Waals surface area contributed by atoms with Gasteiger partial charge >= 0.3 is 107 Å². The van der Waals surface area contributed by atoms with E-state index < -0.39 is 0 Å². The topological polar surface area (TPSA) is 0 Å². The van der Waals surface area contributed by atoms with Gasteiger partial charge in [0.1, 0.15) is 0 Å². The van der Waals surface area contributed by atoms with Gasteiger partial charge in [-0.3, -0.25) is 0 Å². The fraction of sp³-hybridized carbons (Fsp3) is 0. The second kappa shape index (κ2) is 5.91. The molecule has 0 unspecified atom stereocenters. The van der Waals surface area contributed by atoms with Crippen molar-refractivity contribution >= 4 is 37.1 Å². The molecule has 0 amide bonds. The first kappa shape index (κ1) is 11.5. The molecule has 0 saturated carbocycles. The summed E-state index contributed by atoms with van der Waals surface area (Å²) in [4.78, 5) is 2.23. The van der Waals surface area contributed by atoms with Gasteiger partial charge in [0, 0.05) is 0 Å². The monoisotopic (exact) mass is 294 g/mol. The molecule has 2 aromatic carbocycles. The van der Waals surface area contributed by atoms with Crippen LogP contribution in [-0.2, 0) is 0 Å². The number of rotatable bonds is 3. The second-order valence-electron chi connectivity index (χ2n) is 3.29. The summed E-state index contributed by atoms with van der Waals surface area (Å²) >= 11 is 6.21.